The first-order chi connectivity index (χ1) is 8.33. The first-order valence-corrected chi connectivity index (χ1v) is 6.86. The number of likely N-dealkylation sites (tertiary alicyclic amines) is 2. The molecule has 3 rings (SSSR count). The number of nitrogens with two attached hydrogens (primary N) is 1. The summed E-state index contributed by atoms with van der Waals surface area (Å²) in [5.41, 5.74) is 5.96. The number of nitrogens with zero attached hydrogens (tertiary/aromatic N) is 3. The van der Waals surface area contributed by atoms with Crippen molar-refractivity contribution in [2.24, 2.45) is 10.7 Å². The fraction of sp³-hybridized carbons (Fsp3) is 0.917. The predicted molar refractivity (Wildman–Crippen MR) is 69.1 cm³/mol. The van der Waals surface area contributed by atoms with Crippen molar-refractivity contribution >= 4 is 5.96 Å². The fourth-order valence-electron chi connectivity index (χ4n) is 3.11. The highest BCUT2D eigenvalue weighted by molar-refractivity contribution is 5.81. The Labute approximate surface area is 103 Å². The first kappa shape index (κ1) is 11.3. The van der Waals surface area contributed by atoms with Crippen LogP contribution in [0, 0.1) is 0 Å². The van der Waals surface area contributed by atoms with Crippen molar-refractivity contribution in [3.05, 3.63) is 0 Å². The molecule has 96 valence electrons. The van der Waals surface area contributed by atoms with Crippen molar-refractivity contribution in [3.8, 4) is 0 Å². The minimum atomic E-state index is 0.435. The minimum Gasteiger partial charge on any atom is -0.354 e. The summed E-state index contributed by atoms with van der Waals surface area (Å²) in [6.07, 6.45) is 3.60. The second-order valence-corrected chi connectivity index (χ2v) is 5.39. The average Bonchev–Trinajstić information content (AvgIpc) is 3.00. The Bertz CT molecular complexity index is 295. The largest absolute Gasteiger partial charge is 0.354 e. The topological polar surface area (TPSA) is 56.9 Å². The van der Waals surface area contributed by atoms with Crippen LogP contribution in [0.15, 0.2) is 4.99 Å². The van der Waals surface area contributed by atoms with Crippen molar-refractivity contribution in [2.75, 3.05) is 39.3 Å². The molecule has 0 aromatic carbocycles. The molecule has 0 aromatic rings. The molecule has 0 spiro atoms. The Morgan fingerprint density at radius 1 is 1.18 bits per heavy atom. The summed E-state index contributed by atoms with van der Waals surface area (Å²) < 4.78 is 0. The molecular formula is C12H23N5. The van der Waals surface area contributed by atoms with Crippen LogP contribution in [0.25, 0.3) is 0 Å². The van der Waals surface area contributed by atoms with Gasteiger partial charge in [-0.2, -0.15) is 0 Å². The number of aliphatic imine (C=N–C) groups is 1. The molecule has 0 saturated carbocycles. The van der Waals surface area contributed by atoms with Crippen LogP contribution in [-0.2, 0) is 0 Å². The fourth-order valence-corrected chi connectivity index (χ4v) is 3.11. The molecule has 0 aromatic heterocycles. The number of nitrogens with one attached hydrogen (secondary N) is 1. The number of hydrogen-bond acceptors (Lipinski definition) is 5. The van der Waals surface area contributed by atoms with Gasteiger partial charge in [0.1, 0.15) is 0 Å². The summed E-state index contributed by atoms with van der Waals surface area (Å²) in [7, 11) is 0. The molecule has 1 atom stereocenters. The Balaban J connectivity index is 1.53. The lowest BCUT2D eigenvalue weighted by atomic mass is 10.0. The van der Waals surface area contributed by atoms with Crippen LogP contribution in [0.1, 0.15) is 19.3 Å². The average molecular weight is 237 g/mol. The van der Waals surface area contributed by atoms with Crippen molar-refractivity contribution < 1.29 is 0 Å². The highest BCUT2D eigenvalue weighted by atomic mass is 15.4. The quantitative estimate of drug-likeness (QED) is 0.642. The van der Waals surface area contributed by atoms with Crippen molar-refractivity contribution in [2.45, 2.75) is 31.3 Å². The van der Waals surface area contributed by atoms with E-state index in [0.29, 0.717) is 12.1 Å². The van der Waals surface area contributed by atoms with E-state index in [9.17, 15) is 0 Å². The zero-order valence-corrected chi connectivity index (χ0v) is 10.4. The smallest absolute Gasteiger partial charge is 0.194 e. The molecule has 3 heterocycles. The predicted octanol–water partition coefficient (Wildman–Crippen LogP) is -0.557. The lowest BCUT2D eigenvalue weighted by Crippen LogP contribution is -2.47. The Morgan fingerprint density at radius 3 is 2.71 bits per heavy atom. The summed E-state index contributed by atoms with van der Waals surface area (Å²) in [6, 6.07) is 1.15. The van der Waals surface area contributed by atoms with Crippen molar-refractivity contribution in [1.29, 1.82) is 0 Å². The zero-order chi connectivity index (χ0) is 11.7. The SMILES string of the molecule is NC1CCN(C2CCN(C3=NCCN3)C2)CC1. The monoisotopic (exact) mass is 237 g/mol. The molecule has 0 amide bonds. The lowest BCUT2D eigenvalue weighted by Gasteiger charge is -2.34. The highest BCUT2D eigenvalue weighted by Crippen LogP contribution is 2.20. The maximum absolute atomic E-state index is 5.96. The Morgan fingerprint density at radius 2 is 2.00 bits per heavy atom. The van der Waals surface area contributed by atoms with Gasteiger partial charge in [0.25, 0.3) is 0 Å². The van der Waals surface area contributed by atoms with Gasteiger partial charge in [-0.25, -0.2) is 0 Å². The molecule has 0 bridgehead atoms. The number of piperidine rings is 1. The van der Waals surface area contributed by atoms with Crippen LogP contribution >= 0.6 is 0 Å². The van der Waals surface area contributed by atoms with Crippen LogP contribution in [0.5, 0.6) is 0 Å². The zero-order valence-electron chi connectivity index (χ0n) is 10.4. The summed E-state index contributed by atoms with van der Waals surface area (Å²) in [5.74, 6) is 1.13. The van der Waals surface area contributed by atoms with Gasteiger partial charge in [0.05, 0.1) is 6.54 Å². The lowest BCUT2D eigenvalue weighted by molar-refractivity contribution is 0.158. The second kappa shape index (κ2) is 4.82. The van der Waals surface area contributed by atoms with Gasteiger partial charge in [0.2, 0.25) is 0 Å². The molecule has 1 unspecified atom stereocenters. The first-order valence-electron chi connectivity index (χ1n) is 6.86. The standard InChI is InChI=1S/C12H23N5/c13-10-1-6-16(7-2-10)11-3-8-17(9-11)12-14-4-5-15-12/h10-11H,1-9,13H2,(H,14,15). The number of guanidine groups is 1. The molecule has 3 N–H and O–H groups in total. The summed E-state index contributed by atoms with van der Waals surface area (Å²) >= 11 is 0. The Kier molecular flexibility index (Phi) is 3.20. The maximum Gasteiger partial charge on any atom is 0.194 e. The van der Waals surface area contributed by atoms with E-state index in [0.717, 1.165) is 45.0 Å². The van der Waals surface area contributed by atoms with Crippen molar-refractivity contribution in [3.63, 3.8) is 0 Å². The van der Waals surface area contributed by atoms with Crippen LogP contribution in [0.3, 0.4) is 0 Å². The van der Waals surface area contributed by atoms with Gasteiger partial charge >= 0.3 is 0 Å². The van der Waals surface area contributed by atoms with E-state index in [-0.39, 0.29) is 0 Å². The summed E-state index contributed by atoms with van der Waals surface area (Å²) in [6.45, 7) is 6.60. The Hall–Kier alpha value is -0.810. The van der Waals surface area contributed by atoms with E-state index < -0.39 is 0 Å². The summed E-state index contributed by atoms with van der Waals surface area (Å²) in [4.78, 5) is 9.54. The molecule has 2 fully saturated rings. The maximum atomic E-state index is 5.96. The minimum absolute atomic E-state index is 0.435. The third-order valence-electron chi connectivity index (χ3n) is 4.21. The van der Waals surface area contributed by atoms with Crippen LogP contribution in [-0.4, -0.2) is 67.1 Å². The van der Waals surface area contributed by atoms with E-state index >= 15 is 0 Å². The molecule has 17 heavy (non-hydrogen) atoms. The van der Waals surface area contributed by atoms with Gasteiger partial charge in [-0.3, -0.25) is 9.89 Å². The molecule has 3 aliphatic rings. The molecular weight excluding hydrogens is 214 g/mol. The van der Waals surface area contributed by atoms with Gasteiger partial charge in [-0.05, 0) is 32.4 Å². The van der Waals surface area contributed by atoms with Crippen LogP contribution in [0.2, 0.25) is 0 Å². The number of hydrogen-bond donors (Lipinski definition) is 2. The highest BCUT2D eigenvalue weighted by Gasteiger charge is 2.31. The molecule has 0 radical (unpaired) electrons. The van der Waals surface area contributed by atoms with Gasteiger partial charge in [0, 0.05) is 31.7 Å². The molecule has 2 saturated heterocycles. The van der Waals surface area contributed by atoms with E-state index in [4.69, 9.17) is 5.73 Å². The molecule has 0 aliphatic carbocycles. The molecule has 5 nitrogen and oxygen atoms in total. The van der Waals surface area contributed by atoms with Gasteiger partial charge < -0.3 is 16.0 Å². The van der Waals surface area contributed by atoms with Crippen molar-refractivity contribution in [1.82, 2.24) is 15.1 Å². The van der Waals surface area contributed by atoms with Gasteiger partial charge in [0.15, 0.2) is 5.96 Å². The second-order valence-electron chi connectivity index (χ2n) is 5.39. The normalized spacial score (nSPS) is 31.7. The third-order valence-corrected chi connectivity index (χ3v) is 4.21. The van der Waals surface area contributed by atoms with Gasteiger partial charge in [-0.1, -0.05) is 0 Å². The van der Waals surface area contributed by atoms with Crippen LogP contribution in [0.4, 0.5) is 0 Å². The molecule has 3 aliphatic heterocycles. The molecule has 5 heteroatoms. The van der Waals surface area contributed by atoms with Crippen LogP contribution < -0.4 is 11.1 Å². The summed E-state index contributed by atoms with van der Waals surface area (Å²) in [5, 5.41) is 3.37. The van der Waals surface area contributed by atoms with E-state index in [1.54, 1.807) is 0 Å². The third kappa shape index (κ3) is 2.40. The van der Waals surface area contributed by atoms with Gasteiger partial charge in [-0.15, -0.1) is 0 Å². The van der Waals surface area contributed by atoms with E-state index in [2.05, 4.69) is 20.1 Å². The number of rotatable bonds is 1. The van der Waals surface area contributed by atoms with E-state index in [1.807, 2.05) is 0 Å². The van der Waals surface area contributed by atoms with E-state index in [1.165, 1.54) is 19.5 Å².